The number of halogens is 1. The number of sulfonamides is 1. The van der Waals surface area contributed by atoms with Crippen LogP contribution in [0, 0.1) is 5.82 Å². The van der Waals surface area contributed by atoms with Crippen LogP contribution in [0.15, 0.2) is 81.4 Å². The number of benzene rings is 2. The van der Waals surface area contributed by atoms with Crippen LogP contribution in [0.3, 0.4) is 0 Å². The number of rotatable bonds is 5. The van der Waals surface area contributed by atoms with Crippen molar-refractivity contribution in [3.63, 3.8) is 0 Å². The maximum Gasteiger partial charge on any atom is 0.325 e. The highest BCUT2D eigenvalue weighted by Gasteiger charge is 2.14. The Morgan fingerprint density at radius 1 is 1.06 bits per heavy atom. The minimum Gasteiger partial charge on any atom is -0.311 e. The summed E-state index contributed by atoms with van der Waals surface area (Å²) in [6.07, 6.45) is 3.20. The molecule has 0 bridgehead atoms. The molecule has 0 saturated heterocycles. The van der Waals surface area contributed by atoms with Gasteiger partial charge in [-0.2, -0.15) is 4.39 Å². The number of para-hydroxylation sites is 1. The predicted octanol–water partition coefficient (Wildman–Crippen LogP) is 1.21. The fourth-order valence-corrected chi connectivity index (χ4v) is 3.22. The first-order valence-corrected chi connectivity index (χ1v) is 9.97. The number of aromatic nitrogens is 2. The van der Waals surface area contributed by atoms with Crippen LogP contribution in [0.5, 0.6) is 0 Å². The highest BCUT2D eigenvalue weighted by molar-refractivity contribution is 7.92. The van der Waals surface area contributed by atoms with Crippen molar-refractivity contribution in [1.29, 1.82) is 0 Å². The molecule has 1 heterocycles. The lowest BCUT2D eigenvalue weighted by molar-refractivity contribution is -0.124. The number of aromatic amines is 2. The number of nitrogens with one attached hydrogen (secondary N) is 4. The quantitative estimate of drug-likeness (QED) is 0.224. The van der Waals surface area contributed by atoms with Gasteiger partial charge in [-0.25, -0.2) is 18.7 Å². The van der Waals surface area contributed by atoms with Crippen LogP contribution in [0.2, 0.25) is 0 Å². The molecule has 0 saturated carbocycles. The predicted molar refractivity (Wildman–Crippen MR) is 110 cm³/mol. The van der Waals surface area contributed by atoms with Gasteiger partial charge in [0.25, 0.3) is 21.5 Å². The Bertz CT molecular complexity index is 1290. The maximum absolute atomic E-state index is 12.3. The maximum atomic E-state index is 12.3. The highest BCUT2D eigenvalue weighted by atomic mass is 32.2. The standard InChI is InChI=1S/C15H14N2O4S.C4H3FN2O2/c18-15(16-19)10-9-12-5-4-8-14(11-12)22(20,21)17-13-6-2-1-3-7-13;5-2-1-6-4(9)7-3(2)8/h1-11,17,19H,(H,16,18);1H,(H2,6,7,8,9)/b10-9+;. The monoisotopic (exact) mass is 448 g/mol. The van der Waals surface area contributed by atoms with E-state index in [4.69, 9.17) is 5.21 Å². The summed E-state index contributed by atoms with van der Waals surface area (Å²) in [5, 5.41) is 8.40. The van der Waals surface area contributed by atoms with Gasteiger partial charge in [-0.15, -0.1) is 0 Å². The summed E-state index contributed by atoms with van der Waals surface area (Å²) in [5.41, 5.74) is 0.723. The van der Waals surface area contributed by atoms with Gasteiger partial charge in [-0.3, -0.25) is 24.5 Å². The Balaban J connectivity index is 0.000000316. The first-order chi connectivity index (χ1) is 14.7. The Kier molecular flexibility index (Phi) is 8.00. The number of hydroxylamine groups is 1. The van der Waals surface area contributed by atoms with Crippen LogP contribution >= 0.6 is 0 Å². The zero-order chi connectivity index (χ0) is 22.9. The fourth-order valence-electron chi connectivity index (χ4n) is 2.11. The van der Waals surface area contributed by atoms with Crippen LogP contribution in [0.4, 0.5) is 10.1 Å². The van der Waals surface area contributed by atoms with Crippen molar-refractivity contribution >= 4 is 27.7 Å². The average Bonchev–Trinajstić information content (AvgIpc) is 2.76. The van der Waals surface area contributed by atoms with E-state index in [2.05, 4.69) is 4.72 Å². The Hall–Kier alpha value is -4.03. The van der Waals surface area contributed by atoms with E-state index in [0.29, 0.717) is 17.4 Å². The van der Waals surface area contributed by atoms with Gasteiger partial charge in [0.1, 0.15) is 0 Å². The van der Waals surface area contributed by atoms with Crippen LogP contribution in [0.1, 0.15) is 5.56 Å². The third-order valence-electron chi connectivity index (χ3n) is 3.51. The summed E-state index contributed by atoms with van der Waals surface area (Å²) in [4.78, 5) is 35.0. The van der Waals surface area contributed by atoms with E-state index in [1.54, 1.807) is 47.4 Å². The third kappa shape index (κ3) is 7.38. The number of anilines is 1. The molecule has 3 aromatic rings. The van der Waals surface area contributed by atoms with Crippen molar-refractivity contribution in [2.45, 2.75) is 4.90 Å². The average molecular weight is 448 g/mol. The largest absolute Gasteiger partial charge is 0.325 e. The lowest BCUT2D eigenvalue weighted by Crippen LogP contribution is -2.23. The molecular formula is C19H17FN4O6S. The molecule has 0 radical (unpaired) electrons. The van der Waals surface area contributed by atoms with Crippen molar-refractivity contribution in [2.75, 3.05) is 4.72 Å². The molecule has 10 nitrogen and oxygen atoms in total. The van der Waals surface area contributed by atoms with E-state index in [1.165, 1.54) is 23.7 Å². The molecule has 0 spiro atoms. The van der Waals surface area contributed by atoms with Gasteiger partial charge >= 0.3 is 5.69 Å². The van der Waals surface area contributed by atoms with Crippen molar-refractivity contribution in [1.82, 2.24) is 15.4 Å². The molecule has 12 heteroatoms. The fraction of sp³-hybridized carbons (Fsp3) is 0. The van der Waals surface area contributed by atoms with Gasteiger partial charge in [0.05, 0.1) is 4.90 Å². The number of H-pyrrole nitrogens is 2. The zero-order valence-electron chi connectivity index (χ0n) is 15.7. The van der Waals surface area contributed by atoms with Crippen molar-refractivity contribution in [3.8, 4) is 0 Å². The smallest absolute Gasteiger partial charge is 0.311 e. The zero-order valence-corrected chi connectivity index (χ0v) is 16.5. The molecule has 162 valence electrons. The molecule has 1 amide bonds. The molecule has 1 aromatic heterocycles. The Morgan fingerprint density at radius 3 is 2.39 bits per heavy atom. The second-order valence-electron chi connectivity index (χ2n) is 5.77. The molecule has 0 atom stereocenters. The SMILES string of the molecule is O=C(/C=C/c1cccc(S(=O)(=O)Nc2ccccc2)c1)NO.O=c1[nH]cc(F)c(=O)[nH]1. The van der Waals surface area contributed by atoms with Crippen molar-refractivity contribution in [3.05, 3.63) is 99.1 Å². The molecular weight excluding hydrogens is 431 g/mol. The van der Waals surface area contributed by atoms with Gasteiger partial charge in [-0.1, -0.05) is 30.3 Å². The number of carbonyl (C=O) groups excluding carboxylic acids is 1. The van der Waals surface area contributed by atoms with Crippen LogP contribution in [-0.2, 0) is 14.8 Å². The highest BCUT2D eigenvalue weighted by Crippen LogP contribution is 2.17. The number of hydrogen-bond acceptors (Lipinski definition) is 6. The molecule has 0 aliphatic rings. The van der Waals surface area contributed by atoms with Gasteiger partial charge in [0.15, 0.2) is 0 Å². The lowest BCUT2D eigenvalue weighted by Gasteiger charge is -2.08. The van der Waals surface area contributed by atoms with E-state index in [9.17, 15) is 27.2 Å². The molecule has 5 N–H and O–H groups in total. The van der Waals surface area contributed by atoms with E-state index in [-0.39, 0.29) is 4.90 Å². The van der Waals surface area contributed by atoms with Gasteiger partial charge < -0.3 is 4.98 Å². The number of hydrogen-bond donors (Lipinski definition) is 5. The molecule has 0 aliphatic heterocycles. The van der Waals surface area contributed by atoms with E-state index >= 15 is 0 Å². The molecule has 31 heavy (non-hydrogen) atoms. The molecule has 0 fully saturated rings. The molecule has 3 rings (SSSR count). The molecule has 0 aliphatic carbocycles. The molecule has 2 aromatic carbocycles. The summed E-state index contributed by atoms with van der Waals surface area (Å²) in [7, 11) is -3.71. The third-order valence-corrected chi connectivity index (χ3v) is 4.88. The Labute approximate surface area is 175 Å². The topological polar surface area (TPSA) is 161 Å². The normalized spacial score (nSPS) is 10.8. The van der Waals surface area contributed by atoms with Crippen LogP contribution in [-0.4, -0.2) is 29.5 Å². The first-order valence-electron chi connectivity index (χ1n) is 8.49. The molecule has 0 unspecified atom stereocenters. The van der Waals surface area contributed by atoms with E-state index in [0.717, 1.165) is 6.08 Å². The summed E-state index contributed by atoms with van der Waals surface area (Å²) < 4.78 is 39.0. The second kappa shape index (κ2) is 10.7. The summed E-state index contributed by atoms with van der Waals surface area (Å²) in [6, 6.07) is 14.6. The Morgan fingerprint density at radius 2 is 1.77 bits per heavy atom. The van der Waals surface area contributed by atoms with Crippen LogP contribution < -0.4 is 21.5 Å². The van der Waals surface area contributed by atoms with Crippen LogP contribution in [0.25, 0.3) is 6.08 Å². The van der Waals surface area contributed by atoms with Gasteiger partial charge in [-0.05, 0) is 35.9 Å². The van der Waals surface area contributed by atoms with Gasteiger partial charge in [0.2, 0.25) is 5.82 Å². The van der Waals surface area contributed by atoms with Crippen molar-refractivity contribution < 1.29 is 22.8 Å². The van der Waals surface area contributed by atoms with E-state index < -0.39 is 33.0 Å². The summed E-state index contributed by atoms with van der Waals surface area (Å²) in [6.45, 7) is 0. The van der Waals surface area contributed by atoms with Gasteiger partial charge in [0, 0.05) is 18.0 Å². The minimum absolute atomic E-state index is 0.0721. The van der Waals surface area contributed by atoms with Crippen molar-refractivity contribution in [2.24, 2.45) is 0 Å². The summed E-state index contributed by atoms with van der Waals surface area (Å²) >= 11 is 0. The second-order valence-corrected chi connectivity index (χ2v) is 7.46. The number of carbonyl (C=O) groups is 1. The minimum atomic E-state index is -3.71. The number of amides is 1. The lowest BCUT2D eigenvalue weighted by atomic mass is 10.2. The summed E-state index contributed by atoms with van der Waals surface area (Å²) in [5.74, 6) is -1.69. The first kappa shape index (κ1) is 23.3. The van der Waals surface area contributed by atoms with E-state index in [1.807, 2.05) is 4.98 Å².